The number of nitrogens with one attached hydrogen (secondary N) is 1. The van der Waals surface area contributed by atoms with E-state index in [9.17, 15) is 24.3 Å². The van der Waals surface area contributed by atoms with Gasteiger partial charge in [0.1, 0.15) is 28.9 Å². The number of allylic oxidation sites excluding steroid dienone is 1. The first-order chi connectivity index (χ1) is 20.8. The molecule has 2 atom stereocenters. The number of rotatable bonds is 9. The van der Waals surface area contributed by atoms with Crippen LogP contribution in [-0.2, 0) is 19.2 Å². The van der Waals surface area contributed by atoms with Crippen molar-refractivity contribution in [1.29, 1.82) is 0 Å². The molecule has 2 fully saturated rings. The summed E-state index contributed by atoms with van der Waals surface area (Å²) in [5.41, 5.74) is 6.17. The van der Waals surface area contributed by atoms with Crippen molar-refractivity contribution in [3.63, 3.8) is 0 Å². The van der Waals surface area contributed by atoms with Crippen molar-refractivity contribution in [1.82, 2.24) is 15.2 Å². The summed E-state index contributed by atoms with van der Waals surface area (Å²) >= 11 is 5.27. The van der Waals surface area contributed by atoms with E-state index in [1.165, 1.54) is 39.8 Å². The maximum atomic E-state index is 13.3. The Morgan fingerprint density at radius 3 is 2.77 bits per heavy atom. The molecule has 43 heavy (non-hydrogen) atoms. The molecule has 0 radical (unpaired) electrons. The molecule has 11 nitrogen and oxygen atoms in total. The largest absolute Gasteiger partial charge is 0.477 e. The number of carbonyl (C=O) groups excluding carboxylic acids is 2. The molecule has 1 aliphatic carbocycles. The van der Waals surface area contributed by atoms with Crippen LogP contribution >= 0.6 is 46.2 Å². The molecule has 4 N–H and O–H groups in total. The Kier molecular flexibility index (Phi) is 8.56. The number of aliphatic carboxylic acids is 1. The number of anilines is 1. The number of carboxylic acid groups (broad SMARTS) is 1. The van der Waals surface area contributed by atoms with Crippen LogP contribution in [0.3, 0.4) is 0 Å². The second kappa shape index (κ2) is 12.5. The monoisotopic (exact) mass is 655 g/mol. The molecule has 0 bridgehead atoms. The zero-order valence-electron chi connectivity index (χ0n) is 22.4. The molecule has 4 heterocycles. The maximum Gasteiger partial charge on any atom is 0.352 e. The fraction of sp³-hybridized carbons (Fsp3) is 0.286. The Morgan fingerprint density at radius 2 is 2.02 bits per heavy atom. The first-order valence-electron chi connectivity index (χ1n) is 13.3. The van der Waals surface area contributed by atoms with Gasteiger partial charge in [0.2, 0.25) is 0 Å². The highest BCUT2D eigenvalue weighted by Crippen LogP contribution is 2.41. The Hall–Kier alpha value is -3.66. The molecule has 3 aliphatic rings. The van der Waals surface area contributed by atoms with Gasteiger partial charge in [-0.3, -0.25) is 19.3 Å². The summed E-state index contributed by atoms with van der Waals surface area (Å²) in [7, 11) is 0. The maximum absolute atomic E-state index is 13.3. The molecule has 1 unspecified atom stereocenters. The normalized spacial score (nSPS) is 20.9. The van der Waals surface area contributed by atoms with Gasteiger partial charge in [-0.05, 0) is 54.9 Å². The van der Waals surface area contributed by atoms with Crippen molar-refractivity contribution in [3.8, 4) is 0 Å². The van der Waals surface area contributed by atoms with Gasteiger partial charge in [-0.1, -0.05) is 29.1 Å². The fourth-order valence-corrected chi connectivity index (χ4v) is 8.87. The van der Waals surface area contributed by atoms with E-state index in [0.29, 0.717) is 16.7 Å². The molecule has 1 aromatic carbocycles. The number of β-lactam (4-membered cyclic amide) rings is 1. The van der Waals surface area contributed by atoms with Crippen molar-refractivity contribution >= 4 is 84.9 Å². The molecule has 3 aromatic rings. The number of nitrogen functional groups attached to an aromatic ring is 1. The van der Waals surface area contributed by atoms with Crippen LogP contribution in [0.15, 0.2) is 72.6 Å². The van der Waals surface area contributed by atoms with Crippen LogP contribution in [0.4, 0.5) is 5.13 Å². The van der Waals surface area contributed by atoms with Crippen molar-refractivity contribution in [2.75, 3.05) is 11.5 Å². The number of aromatic nitrogens is 1. The molecule has 0 spiro atoms. The van der Waals surface area contributed by atoms with Crippen molar-refractivity contribution in [3.05, 3.63) is 74.4 Å². The number of benzene rings is 1. The van der Waals surface area contributed by atoms with E-state index in [1.807, 2.05) is 18.2 Å². The van der Waals surface area contributed by atoms with Crippen LogP contribution in [0, 0.1) is 0 Å². The zero-order valence-corrected chi connectivity index (χ0v) is 25.7. The summed E-state index contributed by atoms with van der Waals surface area (Å²) in [6.07, 6.45) is 5.29. The second-order valence-electron chi connectivity index (χ2n) is 9.91. The van der Waals surface area contributed by atoms with Gasteiger partial charge < -0.3 is 21.0 Å². The number of amides is 2. The molecule has 1 saturated carbocycles. The fourth-order valence-electron chi connectivity index (χ4n) is 5.03. The van der Waals surface area contributed by atoms with Crippen molar-refractivity contribution in [2.24, 2.45) is 5.16 Å². The van der Waals surface area contributed by atoms with Crippen LogP contribution in [0.25, 0.3) is 10.1 Å². The number of hydrogen-bond donors (Lipinski definition) is 3. The summed E-state index contributed by atoms with van der Waals surface area (Å²) in [4.78, 5) is 62.2. The number of carboxylic acids is 1. The van der Waals surface area contributed by atoms with Crippen LogP contribution in [0.5, 0.6) is 0 Å². The van der Waals surface area contributed by atoms with Gasteiger partial charge in [0, 0.05) is 27.3 Å². The summed E-state index contributed by atoms with van der Waals surface area (Å²) in [5, 5.41) is 20.4. The van der Waals surface area contributed by atoms with Gasteiger partial charge in [-0.25, -0.2) is 9.78 Å². The topological polar surface area (TPSA) is 164 Å². The summed E-state index contributed by atoms with van der Waals surface area (Å²) in [5.74, 6) is -2.13. The third kappa shape index (κ3) is 6.07. The standard InChI is InChI=1S/C28H25N5O6S4/c29-28-30-17(13-42-28)21(32-39-15-5-1-2-6-15)24(35)31-22-25(36)33-23(27(37)38)14(12-41-26(22)33)9-10-40-20-11-18(34)16-7-3-4-8-19(16)43-20/h3-4,7-11,13,15,22,26H,1-2,5-6,12H2,(H2,29,30)(H,31,35)(H,37,38)/t22?,26-/m0/s1. The highest BCUT2D eigenvalue weighted by Gasteiger charge is 2.54. The lowest BCUT2D eigenvalue weighted by Crippen LogP contribution is -2.71. The van der Waals surface area contributed by atoms with E-state index in [2.05, 4.69) is 15.5 Å². The quantitative estimate of drug-likeness (QED) is 0.133. The highest BCUT2D eigenvalue weighted by molar-refractivity contribution is 8.04. The van der Waals surface area contributed by atoms with Crippen LogP contribution in [0.1, 0.15) is 31.4 Å². The lowest BCUT2D eigenvalue weighted by atomic mass is 10.0. The molecule has 2 aromatic heterocycles. The van der Waals surface area contributed by atoms with Crippen LogP contribution < -0.4 is 16.5 Å². The van der Waals surface area contributed by atoms with Gasteiger partial charge in [-0.15, -0.1) is 34.4 Å². The Labute approximate surface area is 261 Å². The van der Waals surface area contributed by atoms with Crippen molar-refractivity contribution < 1.29 is 24.3 Å². The minimum absolute atomic E-state index is 0.0810. The Bertz CT molecular complexity index is 1760. The number of hydrogen-bond acceptors (Lipinski definition) is 12. The Morgan fingerprint density at radius 1 is 1.23 bits per heavy atom. The number of nitrogens with zero attached hydrogens (tertiary/aromatic N) is 3. The second-order valence-corrected chi connectivity index (χ2v) is 14.2. The van der Waals surface area contributed by atoms with Gasteiger partial charge in [0.15, 0.2) is 16.3 Å². The average Bonchev–Trinajstić information content (AvgIpc) is 3.67. The number of fused-ring (bicyclic) bond motifs is 2. The SMILES string of the molecule is Nc1nc(C(=NOC2CCCC2)C(=O)NC2C(=O)N3C(C(=O)O)=C(C=CSc4cc(=O)c5ccccc5s4)CS[C@@H]23)cs1. The lowest BCUT2D eigenvalue weighted by Gasteiger charge is -2.49. The number of carbonyl (C=O) groups is 3. The van der Waals surface area contributed by atoms with Gasteiger partial charge in [-0.2, -0.15) is 0 Å². The number of thiazole rings is 1. The molecule has 6 rings (SSSR count). The lowest BCUT2D eigenvalue weighted by molar-refractivity contribution is -0.150. The molecule has 2 aliphatic heterocycles. The summed E-state index contributed by atoms with van der Waals surface area (Å²) in [6.45, 7) is 0. The summed E-state index contributed by atoms with van der Waals surface area (Å²) in [6, 6.07) is 7.96. The molecular formula is C28H25N5O6S4. The van der Waals surface area contributed by atoms with E-state index >= 15 is 0 Å². The van der Waals surface area contributed by atoms with Gasteiger partial charge in [0.05, 0.1) is 4.21 Å². The third-order valence-corrected chi connectivity index (χ3v) is 11.2. The highest BCUT2D eigenvalue weighted by atomic mass is 32.2. The van der Waals surface area contributed by atoms with Gasteiger partial charge in [0.25, 0.3) is 11.8 Å². The minimum atomic E-state index is -1.24. The van der Waals surface area contributed by atoms with Crippen molar-refractivity contribution in [2.45, 2.75) is 47.4 Å². The third-order valence-electron chi connectivity index (χ3n) is 7.13. The first kappa shape index (κ1) is 29.4. The van der Waals surface area contributed by atoms with E-state index in [4.69, 9.17) is 10.6 Å². The number of nitrogens with two attached hydrogens (primary N) is 1. The zero-order chi connectivity index (χ0) is 30.1. The van der Waals surface area contributed by atoms with Crippen LogP contribution in [-0.4, -0.2) is 61.8 Å². The smallest absolute Gasteiger partial charge is 0.352 e. The summed E-state index contributed by atoms with van der Waals surface area (Å²) < 4.78 is 1.63. The van der Waals surface area contributed by atoms with E-state index in [0.717, 1.165) is 45.9 Å². The first-order valence-corrected chi connectivity index (χ1v) is 17.0. The predicted molar refractivity (Wildman–Crippen MR) is 169 cm³/mol. The molecule has 15 heteroatoms. The molecule has 222 valence electrons. The number of oxime groups is 1. The number of thioether (sulfide) groups is 2. The minimum Gasteiger partial charge on any atom is -0.477 e. The van der Waals surface area contributed by atoms with Gasteiger partial charge >= 0.3 is 5.97 Å². The molecule has 1 saturated heterocycles. The predicted octanol–water partition coefficient (Wildman–Crippen LogP) is 4.01. The van der Waals surface area contributed by atoms with E-state index in [-0.39, 0.29) is 33.8 Å². The van der Waals surface area contributed by atoms with Crippen LogP contribution in [0.2, 0.25) is 0 Å². The van der Waals surface area contributed by atoms with E-state index in [1.54, 1.807) is 29.0 Å². The van der Waals surface area contributed by atoms with E-state index < -0.39 is 29.2 Å². The Balaban J connectivity index is 1.17. The molecule has 2 amide bonds. The molecular weight excluding hydrogens is 631 g/mol. The average molecular weight is 656 g/mol.